The first-order valence-electron chi connectivity index (χ1n) is 7.50. The van der Waals surface area contributed by atoms with Crippen molar-refractivity contribution in [2.45, 2.75) is 12.2 Å². The van der Waals surface area contributed by atoms with Crippen molar-refractivity contribution < 1.29 is 17.9 Å². The Kier molecular flexibility index (Phi) is 5.06. The number of halogens is 1. The molecule has 130 valence electrons. The summed E-state index contributed by atoms with van der Waals surface area (Å²) < 4.78 is 31.4. The van der Waals surface area contributed by atoms with Gasteiger partial charge in [-0.15, -0.1) is 0 Å². The van der Waals surface area contributed by atoms with Gasteiger partial charge in [-0.05, 0) is 41.0 Å². The van der Waals surface area contributed by atoms with Crippen LogP contribution in [0, 0.1) is 0 Å². The van der Waals surface area contributed by atoms with Crippen LogP contribution in [-0.4, -0.2) is 25.9 Å². The Morgan fingerprint density at radius 3 is 2.92 bits per heavy atom. The van der Waals surface area contributed by atoms with Crippen molar-refractivity contribution >= 4 is 33.6 Å². The van der Waals surface area contributed by atoms with E-state index >= 15 is 0 Å². The first-order valence-corrected chi connectivity index (χ1v) is 9.53. The number of rotatable bonds is 5. The summed E-state index contributed by atoms with van der Waals surface area (Å²) in [5.74, 6) is -0.216. The van der Waals surface area contributed by atoms with Crippen LogP contribution in [0.5, 0.6) is 5.75 Å². The van der Waals surface area contributed by atoms with Crippen LogP contribution in [0.15, 0.2) is 42.6 Å². The second kappa shape index (κ2) is 7.25. The maximum Gasteiger partial charge on any atom is 0.257 e. The molecule has 1 aliphatic rings. The number of nitrogens with zero attached hydrogens (tertiary/aromatic N) is 1. The number of fused-ring (bicyclic) bond motifs is 1. The zero-order chi connectivity index (χ0) is 17.9. The Hall–Kier alpha value is -2.38. The van der Waals surface area contributed by atoms with E-state index in [2.05, 4.69) is 4.98 Å². The highest BCUT2D eigenvalue weighted by molar-refractivity contribution is 7.89. The molecule has 0 fully saturated rings. The number of sulfonamides is 1. The van der Waals surface area contributed by atoms with Gasteiger partial charge in [-0.3, -0.25) is 4.79 Å². The van der Waals surface area contributed by atoms with E-state index < -0.39 is 15.9 Å². The molecular weight excluding hydrogens is 364 g/mol. The molecule has 0 unspecified atom stereocenters. The third kappa shape index (κ3) is 4.80. The van der Waals surface area contributed by atoms with Gasteiger partial charge in [0.2, 0.25) is 10.0 Å². The fourth-order valence-corrected chi connectivity index (χ4v) is 3.58. The Morgan fingerprint density at radius 2 is 2.16 bits per heavy atom. The van der Waals surface area contributed by atoms with Crippen LogP contribution in [0.3, 0.4) is 0 Å². The average Bonchev–Trinajstić information content (AvgIpc) is 3.02. The highest BCUT2D eigenvalue weighted by Crippen LogP contribution is 2.26. The highest BCUT2D eigenvalue weighted by atomic mass is 35.5. The van der Waals surface area contributed by atoms with Crippen molar-refractivity contribution in [1.29, 1.82) is 0 Å². The number of nitrogens with one attached hydrogen (secondary N) is 1. The molecule has 0 radical (unpaired) electrons. The minimum absolute atomic E-state index is 0.271. The molecule has 6 nitrogen and oxygen atoms in total. The van der Waals surface area contributed by atoms with Crippen molar-refractivity contribution in [2.75, 3.05) is 6.61 Å². The summed E-state index contributed by atoms with van der Waals surface area (Å²) >= 11 is 5.65. The molecule has 0 spiro atoms. The van der Waals surface area contributed by atoms with E-state index in [9.17, 15) is 13.2 Å². The monoisotopic (exact) mass is 378 g/mol. The molecule has 1 aromatic heterocycles. The largest absolute Gasteiger partial charge is 0.493 e. The van der Waals surface area contributed by atoms with Crippen LogP contribution in [0.2, 0.25) is 5.15 Å². The van der Waals surface area contributed by atoms with Gasteiger partial charge in [0, 0.05) is 18.7 Å². The van der Waals surface area contributed by atoms with E-state index in [1.54, 1.807) is 12.1 Å². The molecule has 0 aliphatic carbocycles. The second-order valence-corrected chi connectivity index (χ2v) is 7.62. The summed E-state index contributed by atoms with van der Waals surface area (Å²) in [5, 5.41) is 0.271. The Morgan fingerprint density at radius 1 is 1.32 bits per heavy atom. The molecule has 0 atom stereocenters. The lowest BCUT2D eigenvalue weighted by atomic mass is 10.1. The van der Waals surface area contributed by atoms with Gasteiger partial charge in [-0.25, -0.2) is 18.1 Å². The average molecular weight is 379 g/mol. The molecule has 1 N–H and O–H groups in total. The second-order valence-electron chi connectivity index (χ2n) is 5.51. The molecule has 3 rings (SSSR count). The van der Waals surface area contributed by atoms with Crippen molar-refractivity contribution in [3.05, 3.63) is 64.4 Å². The molecule has 1 aliphatic heterocycles. The number of amides is 1. The van der Waals surface area contributed by atoms with Crippen LogP contribution in [0.4, 0.5) is 0 Å². The Bertz CT molecular complexity index is 924. The first-order chi connectivity index (χ1) is 11.9. The summed E-state index contributed by atoms with van der Waals surface area (Å²) in [7, 11) is -3.81. The number of hydrogen-bond acceptors (Lipinski definition) is 5. The number of ether oxygens (including phenoxy) is 1. The lowest BCUT2D eigenvalue weighted by Gasteiger charge is -2.05. The van der Waals surface area contributed by atoms with Gasteiger partial charge in [-0.1, -0.05) is 23.7 Å². The van der Waals surface area contributed by atoms with Gasteiger partial charge < -0.3 is 4.74 Å². The van der Waals surface area contributed by atoms with Crippen molar-refractivity contribution in [2.24, 2.45) is 0 Å². The minimum Gasteiger partial charge on any atom is -0.493 e. The van der Waals surface area contributed by atoms with Gasteiger partial charge in [0.1, 0.15) is 10.9 Å². The van der Waals surface area contributed by atoms with Gasteiger partial charge in [0.05, 0.1) is 12.4 Å². The van der Waals surface area contributed by atoms with E-state index in [-0.39, 0.29) is 10.9 Å². The van der Waals surface area contributed by atoms with E-state index in [1.807, 2.05) is 22.9 Å². The zero-order valence-corrected chi connectivity index (χ0v) is 14.7. The van der Waals surface area contributed by atoms with E-state index in [0.29, 0.717) is 12.2 Å². The van der Waals surface area contributed by atoms with Gasteiger partial charge in [0.25, 0.3) is 5.91 Å². The lowest BCUT2D eigenvalue weighted by molar-refractivity contribution is -0.114. The summed E-state index contributed by atoms with van der Waals surface area (Å²) in [5.41, 5.74) is 2.32. The number of carbonyl (C=O) groups excluding carboxylic acids is 1. The van der Waals surface area contributed by atoms with Gasteiger partial charge in [-0.2, -0.15) is 0 Å². The van der Waals surface area contributed by atoms with E-state index in [0.717, 1.165) is 23.3 Å². The quantitative estimate of drug-likeness (QED) is 0.637. The molecule has 8 heteroatoms. The number of pyridine rings is 1. The topological polar surface area (TPSA) is 85.4 Å². The van der Waals surface area contributed by atoms with Gasteiger partial charge >= 0.3 is 0 Å². The summed E-state index contributed by atoms with van der Waals surface area (Å²) in [6.45, 7) is 0.654. The fraction of sp³-hybridized carbons (Fsp3) is 0.176. The van der Waals surface area contributed by atoms with Crippen LogP contribution < -0.4 is 9.46 Å². The van der Waals surface area contributed by atoms with Crippen LogP contribution in [0.1, 0.15) is 16.7 Å². The summed E-state index contributed by atoms with van der Waals surface area (Å²) in [6.07, 6.45) is 4.93. The maximum absolute atomic E-state index is 12.0. The smallest absolute Gasteiger partial charge is 0.257 e. The Labute approximate surface area is 150 Å². The molecule has 1 amide bonds. The third-order valence-corrected chi connectivity index (χ3v) is 4.99. The standard InChI is InChI=1S/C17H15ClN2O4S/c18-16-5-2-13(10-19-16)11-25(22,23)20-17(21)6-3-12-1-4-15-14(9-12)7-8-24-15/h1-6,9-10H,7-8,11H2,(H,20,21)/b6-3+. The summed E-state index contributed by atoms with van der Waals surface area (Å²) in [6, 6.07) is 8.60. The maximum atomic E-state index is 12.0. The van der Waals surface area contributed by atoms with Crippen LogP contribution in [-0.2, 0) is 27.0 Å². The molecule has 2 heterocycles. The normalized spacial score (nSPS) is 13.5. The summed E-state index contributed by atoms with van der Waals surface area (Å²) in [4.78, 5) is 15.7. The molecule has 0 saturated carbocycles. The van der Waals surface area contributed by atoms with E-state index in [1.165, 1.54) is 18.3 Å². The predicted molar refractivity (Wildman–Crippen MR) is 94.7 cm³/mol. The Balaban J connectivity index is 1.62. The van der Waals surface area contributed by atoms with Crippen molar-refractivity contribution in [3.8, 4) is 5.75 Å². The minimum atomic E-state index is -3.81. The van der Waals surface area contributed by atoms with Gasteiger partial charge in [0.15, 0.2) is 0 Å². The number of carbonyl (C=O) groups is 1. The van der Waals surface area contributed by atoms with E-state index in [4.69, 9.17) is 16.3 Å². The van der Waals surface area contributed by atoms with Crippen molar-refractivity contribution in [1.82, 2.24) is 9.71 Å². The molecule has 0 bridgehead atoms. The molecular formula is C17H15ClN2O4S. The zero-order valence-electron chi connectivity index (χ0n) is 13.1. The predicted octanol–water partition coefficient (Wildman–Crippen LogP) is 2.33. The molecule has 2 aromatic rings. The first kappa shape index (κ1) is 17.4. The van der Waals surface area contributed by atoms with Crippen LogP contribution >= 0.6 is 11.6 Å². The highest BCUT2D eigenvalue weighted by Gasteiger charge is 2.15. The molecule has 1 aromatic carbocycles. The fourth-order valence-electron chi connectivity index (χ4n) is 2.42. The third-order valence-electron chi connectivity index (χ3n) is 3.54. The number of hydrogen-bond donors (Lipinski definition) is 1. The number of benzene rings is 1. The molecule has 0 saturated heterocycles. The number of aromatic nitrogens is 1. The van der Waals surface area contributed by atoms with Crippen LogP contribution in [0.25, 0.3) is 6.08 Å². The van der Waals surface area contributed by atoms with Crippen molar-refractivity contribution in [3.63, 3.8) is 0 Å². The lowest BCUT2D eigenvalue weighted by Crippen LogP contribution is -2.30. The SMILES string of the molecule is O=C(/C=C/c1ccc2c(c1)CCO2)NS(=O)(=O)Cc1ccc(Cl)nc1. The molecule has 25 heavy (non-hydrogen) atoms.